The van der Waals surface area contributed by atoms with Gasteiger partial charge in [0.05, 0.1) is 5.69 Å². The van der Waals surface area contributed by atoms with Crippen LogP contribution >= 0.6 is 15.9 Å². The van der Waals surface area contributed by atoms with Crippen molar-refractivity contribution in [3.8, 4) is 0 Å². The number of hydrogen-bond acceptors (Lipinski definition) is 2. The van der Waals surface area contributed by atoms with Gasteiger partial charge in [0, 0.05) is 0 Å². The third-order valence-electron chi connectivity index (χ3n) is 2.00. The van der Waals surface area contributed by atoms with Gasteiger partial charge in [-0.2, -0.15) is 0 Å². The fourth-order valence-electron chi connectivity index (χ4n) is 1.12. The van der Waals surface area contributed by atoms with E-state index in [-0.39, 0.29) is 10.4 Å². The summed E-state index contributed by atoms with van der Waals surface area (Å²) in [4.78, 5) is 7.60. The molecule has 0 N–H and O–H groups in total. The van der Waals surface area contributed by atoms with Crippen LogP contribution in [0.5, 0.6) is 0 Å². The van der Waals surface area contributed by atoms with E-state index in [0.29, 0.717) is 11.6 Å². The van der Waals surface area contributed by atoms with E-state index in [1.54, 1.807) is 0 Å². The first-order valence-electron chi connectivity index (χ1n) is 3.92. The largest absolute Gasteiger partial charge is 0.238 e. The summed E-state index contributed by atoms with van der Waals surface area (Å²) < 4.78 is 13.5. The smallest absolute Gasteiger partial charge is 0.177 e. The van der Waals surface area contributed by atoms with Crippen LogP contribution in [0.25, 0.3) is 0 Å². The molecule has 1 aliphatic carbocycles. The molecule has 0 atom stereocenters. The highest BCUT2D eigenvalue weighted by Gasteiger charge is 2.24. The molecule has 0 amide bonds. The van der Waals surface area contributed by atoms with Gasteiger partial charge in [0.15, 0.2) is 5.82 Å². The zero-order chi connectivity index (χ0) is 8.55. The van der Waals surface area contributed by atoms with Gasteiger partial charge < -0.3 is 0 Å². The highest BCUT2D eigenvalue weighted by Crippen LogP contribution is 2.33. The molecule has 12 heavy (non-hydrogen) atoms. The number of hydrogen-bond donors (Lipinski definition) is 0. The van der Waals surface area contributed by atoms with Crippen LogP contribution in [0.3, 0.4) is 0 Å². The van der Waals surface area contributed by atoms with E-state index in [9.17, 15) is 4.39 Å². The summed E-state index contributed by atoms with van der Waals surface area (Å²) >= 11 is 3.03. The zero-order valence-electron chi connectivity index (χ0n) is 6.43. The Hall–Kier alpha value is -0.510. The topological polar surface area (TPSA) is 25.8 Å². The van der Waals surface area contributed by atoms with Crippen LogP contribution in [0.4, 0.5) is 4.39 Å². The van der Waals surface area contributed by atoms with Crippen molar-refractivity contribution in [3.05, 3.63) is 22.4 Å². The number of aromatic nitrogens is 2. The maximum atomic E-state index is 13.2. The lowest BCUT2D eigenvalue weighted by molar-refractivity contribution is 0.573. The van der Waals surface area contributed by atoms with E-state index >= 15 is 0 Å². The molecule has 1 aromatic heterocycles. The van der Waals surface area contributed by atoms with Crippen molar-refractivity contribution in [3.63, 3.8) is 0 Å². The van der Waals surface area contributed by atoms with Crippen molar-refractivity contribution in [2.75, 3.05) is 0 Å². The summed E-state index contributed by atoms with van der Waals surface area (Å²) in [6.07, 6.45) is 4.57. The van der Waals surface area contributed by atoms with Gasteiger partial charge in [0.25, 0.3) is 0 Å². The van der Waals surface area contributed by atoms with E-state index < -0.39 is 0 Å². The molecule has 0 saturated heterocycles. The first-order chi connectivity index (χ1) is 5.77. The average molecular weight is 231 g/mol. The third kappa shape index (κ3) is 1.63. The Morgan fingerprint density at radius 1 is 1.50 bits per heavy atom. The van der Waals surface area contributed by atoms with Crippen molar-refractivity contribution in [1.29, 1.82) is 0 Å². The highest BCUT2D eigenvalue weighted by molar-refractivity contribution is 9.10. The Morgan fingerprint density at radius 3 is 2.92 bits per heavy atom. The normalized spacial score (nSPS) is 16.5. The lowest BCUT2D eigenvalue weighted by atomic mass is 10.2. The summed E-state index contributed by atoms with van der Waals surface area (Å²) in [5.74, 6) is 0.353. The van der Waals surface area contributed by atoms with Crippen LogP contribution in [0.2, 0.25) is 0 Å². The number of rotatable bonds is 2. The lowest BCUT2D eigenvalue weighted by Gasteiger charge is -2.00. The molecule has 1 heterocycles. The van der Waals surface area contributed by atoms with E-state index in [4.69, 9.17) is 0 Å². The predicted octanol–water partition coefficient (Wildman–Crippen LogP) is 2.33. The second-order valence-electron chi connectivity index (χ2n) is 3.07. The SMILES string of the molecule is Fc1c(Br)ncnc1CC1CC1. The Labute approximate surface area is 78.4 Å². The molecule has 4 heteroatoms. The molecular weight excluding hydrogens is 223 g/mol. The molecular formula is C8H8BrFN2. The van der Waals surface area contributed by atoms with E-state index in [0.717, 1.165) is 6.42 Å². The second-order valence-corrected chi connectivity index (χ2v) is 3.82. The first kappa shape index (κ1) is 8.10. The zero-order valence-corrected chi connectivity index (χ0v) is 8.01. The quantitative estimate of drug-likeness (QED) is 0.730. The molecule has 64 valence electrons. The fourth-order valence-corrected chi connectivity index (χ4v) is 1.44. The molecule has 0 bridgehead atoms. The van der Waals surface area contributed by atoms with Crippen molar-refractivity contribution >= 4 is 15.9 Å². The van der Waals surface area contributed by atoms with E-state index in [2.05, 4.69) is 25.9 Å². The van der Waals surface area contributed by atoms with E-state index in [1.165, 1.54) is 19.2 Å². The molecule has 1 aromatic rings. The fraction of sp³-hybridized carbons (Fsp3) is 0.500. The molecule has 0 aromatic carbocycles. The lowest BCUT2D eigenvalue weighted by Crippen LogP contribution is -1.98. The van der Waals surface area contributed by atoms with E-state index in [1.807, 2.05) is 0 Å². The Kier molecular flexibility index (Phi) is 2.09. The minimum Gasteiger partial charge on any atom is -0.238 e. The standard InChI is InChI=1S/C8H8BrFN2/c9-8-7(10)6(11-4-12-8)3-5-1-2-5/h4-5H,1-3H2. The van der Waals surface area contributed by atoms with Crippen LogP contribution in [-0.4, -0.2) is 9.97 Å². The second kappa shape index (κ2) is 3.09. The maximum Gasteiger partial charge on any atom is 0.177 e. The van der Waals surface area contributed by atoms with Crippen LogP contribution in [0.15, 0.2) is 10.9 Å². The molecule has 1 saturated carbocycles. The molecule has 1 aliphatic rings. The maximum absolute atomic E-state index is 13.2. The minimum absolute atomic E-state index is 0.271. The van der Waals surface area contributed by atoms with Crippen LogP contribution in [0, 0.1) is 11.7 Å². The van der Waals surface area contributed by atoms with Gasteiger partial charge in [-0.1, -0.05) is 0 Å². The summed E-state index contributed by atoms with van der Waals surface area (Å²) in [5, 5.41) is 0. The molecule has 0 spiro atoms. The number of halogens is 2. The summed E-state index contributed by atoms with van der Waals surface area (Å²) in [5.41, 5.74) is 0.541. The first-order valence-corrected chi connectivity index (χ1v) is 4.71. The Bertz CT molecular complexity index is 299. The number of nitrogens with zero attached hydrogens (tertiary/aromatic N) is 2. The monoisotopic (exact) mass is 230 g/mol. The van der Waals surface area contributed by atoms with Gasteiger partial charge >= 0.3 is 0 Å². The van der Waals surface area contributed by atoms with Crippen LogP contribution < -0.4 is 0 Å². The van der Waals surface area contributed by atoms with Crippen molar-refractivity contribution in [2.24, 2.45) is 5.92 Å². The Morgan fingerprint density at radius 2 is 2.25 bits per heavy atom. The van der Waals surface area contributed by atoms with Gasteiger partial charge in [0.1, 0.15) is 10.9 Å². The van der Waals surface area contributed by atoms with Crippen LogP contribution in [0.1, 0.15) is 18.5 Å². The molecule has 0 aliphatic heterocycles. The van der Waals surface area contributed by atoms with Gasteiger partial charge in [-0.3, -0.25) is 0 Å². The van der Waals surface area contributed by atoms with Gasteiger partial charge in [-0.05, 0) is 41.1 Å². The highest BCUT2D eigenvalue weighted by atomic mass is 79.9. The summed E-state index contributed by atoms with van der Waals surface area (Å²) in [6, 6.07) is 0. The molecule has 2 rings (SSSR count). The average Bonchev–Trinajstić information content (AvgIpc) is 2.83. The minimum atomic E-state index is -0.301. The summed E-state index contributed by atoms with van der Waals surface area (Å²) in [7, 11) is 0. The van der Waals surface area contributed by atoms with Gasteiger partial charge in [-0.15, -0.1) is 0 Å². The third-order valence-corrected chi connectivity index (χ3v) is 2.55. The van der Waals surface area contributed by atoms with Gasteiger partial charge in [-0.25, -0.2) is 14.4 Å². The molecule has 1 fully saturated rings. The Balaban J connectivity index is 2.23. The van der Waals surface area contributed by atoms with Crippen molar-refractivity contribution in [2.45, 2.75) is 19.3 Å². The molecule has 2 nitrogen and oxygen atoms in total. The van der Waals surface area contributed by atoms with Gasteiger partial charge in [0.2, 0.25) is 0 Å². The van der Waals surface area contributed by atoms with Crippen molar-refractivity contribution < 1.29 is 4.39 Å². The molecule has 0 radical (unpaired) electrons. The van der Waals surface area contributed by atoms with Crippen molar-refractivity contribution in [1.82, 2.24) is 9.97 Å². The summed E-state index contributed by atoms with van der Waals surface area (Å²) in [6.45, 7) is 0. The predicted molar refractivity (Wildman–Crippen MR) is 46.1 cm³/mol. The molecule has 0 unspecified atom stereocenters. The van der Waals surface area contributed by atoms with Crippen LogP contribution in [-0.2, 0) is 6.42 Å².